The zero-order chi connectivity index (χ0) is 21.8. The molecule has 31 heavy (non-hydrogen) atoms. The average Bonchev–Trinajstić information content (AvgIpc) is 3.12. The summed E-state index contributed by atoms with van der Waals surface area (Å²) >= 11 is 0. The van der Waals surface area contributed by atoms with Crippen molar-refractivity contribution in [1.29, 1.82) is 0 Å². The molecule has 0 unspecified atom stereocenters. The van der Waals surface area contributed by atoms with Crippen molar-refractivity contribution in [2.45, 2.75) is 38.0 Å². The van der Waals surface area contributed by atoms with Crippen molar-refractivity contribution in [3.8, 4) is 0 Å². The van der Waals surface area contributed by atoms with Gasteiger partial charge >= 0.3 is 6.18 Å². The minimum absolute atomic E-state index is 0.0199. The van der Waals surface area contributed by atoms with E-state index in [1.807, 2.05) is 25.1 Å². The molecule has 8 nitrogen and oxygen atoms in total. The van der Waals surface area contributed by atoms with Crippen LogP contribution in [0.5, 0.6) is 0 Å². The van der Waals surface area contributed by atoms with E-state index in [4.69, 9.17) is 9.72 Å². The van der Waals surface area contributed by atoms with Gasteiger partial charge in [0.2, 0.25) is 5.95 Å². The number of aromatic nitrogens is 6. The van der Waals surface area contributed by atoms with Gasteiger partial charge in [-0.05, 0) is 19.8 Å². The molecule has 1 atom stereocenters. The van der Waals surface area contributed by atoms with Gasteiger partial charge in [-0.1, -0.05) is 0 Å². The van der Waals surface area contributed by atoms with E-state index in [-0.39, 0.29) is 24.9 Å². The van der Waals surface area contributed by atoms with Crippen molar-refractivity contribution in [2.75, 3.05) is 24.6 Å². The predicted molar refractivity (Wildman–Crippen MR) is 105 cm³/mol. The molecule has 164 valence electrons. The highest BCUT2D eigenvalue weighted by Gasteiger charge is 2.49. The molecule has 3 aromatic heterocycles. The largest absolute Gasteiger partial charge is 0.391 e. The van der Waals surface area contributed by atoms with E-state index in [9.17, 15) is 13.2 Å². The zero-order valence-corrected chi connectivity index (χ0v) is 17.2. The van der Waals surface area contributed by atoms with Crippen LogP contribution in [-0.4, -0.2) is 55.6 Å². The summed E-state index contributed by atoms with van der Waals surface area (Å²) in [6, 6.07) is 0. The third-order valence-corrected chi connectivity index (χ3v) is 5.98. The summed E-state index contributed by atoms with van der Waals surface area (Å²) in [5.74, 6) is -1.14. The fourth-order valence-corrected chi connectivity index (χ4v) is 4.18. The summed E-state index contributed by atoms with van der Waals surface area (Å²) in [6.07, 6.45) is 0.945. The molecule has 1 saturated heterocycles. The zero-order valence-electron chi connectivity index (χ0n) is 17.2. The Morgan fingerprint density at radius 1 is 1.13 bits per heavy atom. The summed E-state index contributed by atoms with van der Waals surface area (Å²) in [4.78, 5) is 20.2. The van der Waals surface area contributed by atoms with Crippen molar-refractivity contribution in [2.24, 2.45) is 13.0 Å². The van der Waals surface area contributed by atoms with Gasteiger partial charge in [-0.15, -0.1) is 0 Å². The number of nitrogens with zero attached hydrogens (tertiary/aromatic N) is 7. The van der Waals surface area contributed by atoms with Crippen LogP contribution in [0.25, 0.3) is 11.2 Å². The molecule has 5 rings (SSSR count). The molecule has 0 spiro atoms. The van der Waals surface area contributed by atoms with Crippen molar-refractivity contribution < 1.29 is 17.9 Å². The molecule has 0 bridgehead atoms. The Kier molecular flexibility index (Phi) is 4.80. The monoisotopic (exact) mass is 433 g/mol. The van der Waals surface area contributed by atoms with Crippen molar-refractivity contribution in [3.63, 3.8) is 0 Å². The highest BCUT2D eigenvalue weighted by molar-refractivity contribution is 5.74. The molecule has 1 aliphatic carbocycles. The molecule has 3 aromatic rings. The Morgan fingerprint density at radius 3 is 2.65 bits per heavy atom. The Labute approximate surface area is 176 Å². The second-order valence-corrected chi connectivity index (χ2v) is 8.25. The number of anilines is 1. The molecule has 1 saturated carbocycles. The minimum atomic E-state index is -4.18. The molecule has 2 aliphatic rings. The normalized spacial score (nSPS) is 24.4. The quantitative estimate of drug-likeness (QED) is 0.628. The first-order chi connectivity index (χ1) is 14.8. The molecule has 4 heterocycles. The van der Waals surface area contributed by atoms with Crippen LogP contribution < -0.4 is 4.90 Å². The lowest BCUT2D eigenvalue weighted by molar-refractivity contribution is -0.197. The Bertz CT molecular complexity index is 1110. The molecule has 0 N–H and O–H groups in total. The summed E-state index contributed by atoms with van der Waals surface area (Å²) in [5, 5.41) is 4.20. The second kappa shape index (κ2) is 7.40. The number of rotatable bonds is 3. The van der Waals surface area contributed by atoms with Crippen molar-refractivity contribution in [1.82, 2.24) is 29.7 Å². The summed E-state index contributed by atoms with van der Waals surface area (Å²) < 4.78 is 46.7. The van der Waals surface area contributed by atoms with Crippen molar-refractivity contribution >= 4 is 17.1 Å². The van der Waals surface area contributed by atoms with Gasteiger partial charge in [0.1, 0.15) is 11.6 Å². The van der Waals surface area contributed by atoms with Gasteiger partial charge in [0.25, 0.3) is 0 Å². The van der Waals surface area contributed by atoms with Crippen LogP contribution in [-0.2, 0) is 11.8 Å². The molecule has 0 aromatic carbocycles. The van der Waals surface area contributed by atoms with Gasteiger partial charge in [0.15, 0.2) is 5.65 Å². The third-order valence-electron chi connectivity index (χ3n) is 5.98. The Balaban J connectivity index is 1.47. The van der Waals surface area contributed by atoms with Crippen LogP contribution in [0.4, 0.5) is 19.1 Å². The van der Waals surface area contributed by atoms with E-state index in [1.165, 1.54) is 0 Å². The van der Waals surface area contributed by atoms with Crippen LogP contribution in [0.15, 0.2) is 18.6 Å². The number of hydrogen-bond donors (Lipinski definition) is 0. The lowest BCUT2D eigenvalue weighted by Crippen LogP contribution is -2.40. The fourth-order valence-electron chi connectivity index (χ4n) is 4.18. The van der Waals surface area contributed by atoms with Gasteiger partial charge < -0.3 is 9.64 Å². The summed E-state index contributed by atoms with van der Waals surface area (Å²) in [6.45, 7) is 3.39. The molecule has 11 heteroatoms. The van der Waals surface area contributed by atoms with E-state index in [2.05, 4.69) is 20.1 Å². The third kappa shape index (κ3) is 3.82. The standard InChI is InChI=1S/C20H22F3N7O/c1-11-7-24-17-16(12-5-14(6-12)20(21,22)23)27-19(28-18(17)26-11)30-3-4-31-15(10-30)13-8-25-29(2)9-13/h7-9,12,14-15H,3-6,10H2,1-2H3/t12?,14?,15-/m0/s1. The van der Waals surface area contributed by atoms with Gasteiger partial charge in [0, 0.05) is 37.5 Å². The molecule has 2 fully saturated rings. The fraction of sp³-hybridized carbons (Fsp3) is 0.550. The van der Waals surface area contributed by atoms with Gasteiger partial charge in [0.05, 0.1) is 36.7 Å². The smallest absolute Gasteiger partial charge is 0.370 e. The van der Waals surface area contributed by atoms with Crippen LogP contribution in [0, 0.1) is 12.8 Å². The maximum absolute atomic E-state index is 13.0. The predicted octanol–water partition coefficient (Wildman–Crippen LogP) is 3.10. The number of ether oxygens (including phenoxy) is 1. The average molecular weight is 433 g/mol. The van der Waals surface area contributed by atoms with E-state index >= 15 is 0 Å². The SMILES string of the molecule is Cc1cnc2c(C3CC(C(F)(F)F)C3)nc(N3CCO[C@H](c4cnn(C)c4)C3)nc2n1. The Hall–Kier alpha value is -2.82. The van der Waals surface area contributed by atoms with E-state index in [1.54, 1.807) is 17.1 Å². The highest BCUT2D eigenvalue weighted by Crippen LogP contribution is 2.50. The van der Waals surface area contributed by atoms with Crippen molar-refractivity contribution in [3.05, 3.63) is 35.5 Å². The molecule has 1 aliphatic heterocycles. The first-order valence-corrected chi connectivity index (χ1v) is 10.2. The topological polar surface area (TPSA) is 81.9 Å². The molecular weight excluding hydrogens is 411 g/mol. The number of fused-ring (bicyclic) bond motifs is 1. The van der Waals surface area contributed by atoms with Crippen LogP contribution in [0.1, 0.15) is 41.8 Å². The molecule has 0 amide bonds. The van der Waals surface area contributed by atoms with E-state index < -0.39 is 12.1 Å². The van der Waals surface area contributed by atoms with Gasteiger partial charge in [-0.25, -0.2) is 15.0 Å². The Morgan fingerprint density at radius 2 is 1.94 bits per heavy atom. The lowest BCUT2D eigenvalue weighted by Gasteiger charge is -2.37. The van der Waals surface area contributed by atoms with E-state index in [0.29, 0.717) is 48.2 Å². The lowest BCUT2D eigenvalue weighted by atomic mass is 9.72. The van der Waals surface area contributed by atoms with E-state index in [0.717, 1.165) is 5.56 Å². The number of hydrogen-bond acceptors (Lipinski definition) is 7. The molecule has 0 radical (unpaired) electrons. The van der Waals surface area contributed by atoms with Gasteiger partial charge in [-0.3, -0.25) is 4.68 Å². The highest BCUT2D eigenvalue weighted by atomic mass is 19.4. The van der Waals surface area contributed by atoms with Gasteiger partial charge in [-0.2, -0.15) is 23.3 Å². The minimum Gasteiger partial charge on any atom is -0.370 e. The maximum atomic E-state index is 13.0. The summed E-state index contributed by atoms with van der Waals surface area (Å²) in [7, 11) is 1.84. The number of morpholine rings is 1. The first kappa shape index (κ1) is 20.1. The number of halogens is 3. The van der Waals surface area contributed by atoms with Crippen LogP contribution >= 0.6 is 0 Å². The maximum Gasteiger partial charge on any atom is 0.391 e. The van der Waals surface area contributed by atoms with Crippen LogP contribution in [0.3, 0.4) is 0 Å². The number of aryl methyl sites for hydroxylation is 2. The summed E-state index contributed by atoms with van der Waals surface area (Å²) in [5.41, 5.74) is 3.10. The van der Waals surface area contributed by atoms with Crippen LogP contribution in [0.2, 0.25) is 0 Å². The number of alkyl halides is 3. The second-order valence-electron chi connectivity index (χ2n) is 8.25. The molecular formula is C20H22F3N7O. The first-order valence-electron chi connectivity index (χ1n) is 10.2.